The third-order valence-corrected chi connectivity index (χ3v) is 3.16. The number of alkyl halides is 3. The molecule has 0 aliphatic carbocycles. The first-order valence-corrected chi connectivity index (χ1v) is 6.21. The van der Waals surface area contributed by atoms with Gasteiger partial charge in [0.05, 0.1) is 22.3 Å². The lowest BCUT2D eigenvalue weighted by Gasteiger charge is -2.09. The van der Waals surface area contributed by atoms with E-state index >= 15 is 0 Å². The number of nitrogens with zero attached hydrogens (tertiary/aromatic N) is 2. The van der Waals surface area contributed by atoms with Crippen LogP contribution in [0.4, 0.5) is 19.0 Å². The van der Waals surface area contributed by atoms with E-state index in [9.17, 15) is 13.2 Å². The third kappa shape index (κ3) is 2.31. The number of hydrogen-bond acceptors (Lipinski definition) is 3. The Bertz CT molecular complexity index is 563. The first kappa shape index (κ1) is 12.8. The molecule has 96 valence electrons. The molecule has 2 N–H and O–H groups in total. The Labute approximate surface area is 106 Å². The van der Waals surface area contributed by atoms with Crippen molar-refractivity contribution in [3.63, 3.8) is 0 Å². The molecule has 0 aliphatic rings. The van der Waals surface area contributed by atoms with Gasteiger partial charge in [-0.2, -0.15) is 18.3 Å². The summed E-state index contributed by atoms with van der Waals surface area (Å²) < 4.78 is 39.1. The number of anilines is 1. The van der Waals surface area contributed by atoms with E-state index in [-0.39, 0.29) is 0 Å². The van der Waals surface area contributed by atoms with Crippen LogP contribution in [-0.4, -0.2) is 16.0 Å². The molecule has 3 nitrogen and oxygen atoms in total. The second-order valence-corrected chi connectivity index (χ2v) is 4.41. The summed E-state index contributed by atoms with van der Waals surface area (Å²) >= 11 is 1.39. The smallest absolute Gasteiger partial charge is 0.383 e. The van der Waals surface area contributed by atoms with E-state index in [1.807, 2.05) is 6.26 Å². The van der Waals surface area contributed by atoms with Crippen molar-refractivity contribution >= 4 is 17.6 Å². The third-order valence-electron chi connectivity index (χ3n) is 2.41. The summed E-state index contributed by atoms with van der Waals surface area (Å²) in [5.74, 6) is 0.335. The Morgan fingerprint density at radius 1 is 1.33 bits per heavy atom. The molecule has 1 aromatic carbocycles. The number of nitrogens with two attached hydrogens (primary N) is 1. The summed E-state index contributed by atoms with van der Waals surface area (Å²) in [7, 11) is 0. The lowest BCUT2D eigenvalue weighted by Crippen LogP contribution is -2.07. The van der Waals surface area contributed by atoms with E-state index in [1.165, 1.54) is 34.8 Å². The molecular formula is C11H10F3N3S. The first-order valence-electron chi connectivity index (χ1n) is 4.98. The Hall–Kier alpha value is -1.63. The molecule has 18 heavy (non-hydrogen) atoms. The van der Waals surface area contributed by atoms with Crippen molar-refractivity contribution in [2.24, 2.45) is 0 Å². The molecule has 0 saturated heterocycles. The fourth-order valence-electron chi connectivity index (χ4n) is 1.52. The van der Waals surface area contributed by atoms with E-state index < -0.39 is 11.7 Å². The summed E-state index contributed by atoms with van der Waals surface area (Å²) in [6.07, 6.45) is -1.02. The highest BCUT2D eigenvalue weighted by molar-refractivity contribution is 7.98. The van der Waals surface area contributed by atoms with Crippen molar-refractivity contribution in [3.8, 4) is 5.69 Å². The van der Waals surface area contributed by atoms with Crippen LogP contribution in [0.3, 0.4) is 0 Å². The maximum absolute atomic E-state index is 12.6. The van der Waals surface area contributed by atoms with Crippen LogP contribution in [0.2, 0.25) is 0 Å². The van der Waals surface area contributed by atoms with Crippen molar-refractivity contribution < 1.29 is 13.2 Å². The average Bonchev–Trinajstić information content (AvgIpc) is 2.69. The van der Waals surface area contributed by atoms with Crippen LogP contribution in [0.5, 0.6) is 0 Å². The number of aromatic nitrogens is 2. The van der Waals surface area contributed by atoms with Crippen molar-refractivity contribution in [2.75, 3.05) is 12.0 Å². The Balaban J connectivity index is 2.48. The first-order chi connectivity index (χ1) is 8.43. The van der Waals surface area contributed by atoms with E-state index in [0.717, 1.165) is 17.0 Å². The zero-order valence-electron chi connectivity index (χ0n) is 9.40. The van der Waals surface area contributed by atoms with Gasteiger partial charge < -0.3 is 5.73 Å². The lowest BCUT2D eigenvalue weighted by molar-refractivity contribution is -0.137. The maximum Gasteiger partial charge on any atom is 0.416 e. The monoisotopic (exact) mass is 273 g/mol. The van der Waals surface area contributed by atoms with Gasteiger partial charge in [0.15, 0.2) is 0 Å². The van der Waals surface area contributed by atoms with Gasteiger partial charge in [-0.3, -0.25) is 0 Å². The Kier molecular flexibility index (Phi) is 3.25. The second kappa shape index (κ2) is 4.56. The number of nitrogen functional groups attached to an aromatic ring is 1. The zero-order chi connectivity index (χ0) is 13.3. The summed E-state index contributed by atoms with van der Waals surface area (Å²) in [5.41, 5.74) is 5.38. The summed E-state index contributed by atoms with van der Waals surface area (Å²) in [6, 6.07) is 4.90. The minimum Gasteiger partial charge on any atom is -0.383 e. The van der Waals surface area contributed by atoms with Crippen LogP contribution in [0, 0.1) is 0 Å². The molecule has 0 unspecified atom stereocenters. The molecule has 0 amide bonds. The van der Waals surface area contributed by atoms with Gasteiger partial charge in [-0.1, -0.05) is 6.07 Å². The van der Waals surface area contributed by atoms with Gasteiger partial charge in [-0.05, 0) is 24.5 Å². The molecule has 0 saturated carbocycles. The van der Waals surface area contributed by atoms with E-state index in [0.29, 0.717) is 11.5 Å². The molecule has 1 aromatic heterocycles. The molecule has 2 rings (SSSR count). The van der Waals surface area contributed by atoms with Crippen LogP contribution in [0.15, 0.2) is 35.4 Å². The topological polar surface area (TPSA) is 43.8 Å². The highest BCUT2D eigenvalue weighted by atomic mass is 32.2. The minimum atomic E-state index is -4.37. The van der Waals surface area contributed by atoms with E-state index in [4.69, 9.17) is 5.73 Å². The predicted octanol–water partition coefficient (Wildman–Crippen LogP) is 3.20. The minimum absolute atomic E-state index is 0.294. The number of rotatable bonds is 2. The van der Waals surface area contributed by atoms with Gasteiger partial charge in [0.2, 0.25) is 0 Å². The van der Waals surface area contributed by atoms with Crippen LogP contribution in [0.1, 0.15) is 5.56 Å². The molecule has 0 radical (unpaired) electrons. The van der Waals surface area contributed by atoms with E-state index in [1.54, 1.807) is 0 Å². The molecule has 7 heteroatoms. The average molecular weight is 273 g/mol. The molecular weight excluding hydrogens is 263 g/mol. The van der Waals surface area contributed by atoms with Gasteiger partial charge in [0.1, 0.15) is 5.82 Å². The van der Waals surface area contributed by atoms with Crippen molar-refractivity contribution in [3.05, 3.63) is 36.0 Å². The second-order valence-electron chi connectivity index (χ2n) is 3.56. The quantitative estimate of drug-likeness (QED) is 0.854. The fraction of sp³-hybridized carbons (Fsp3) is 0.182. The standard InChI is InChI=1S/C11H10F3N3S/c1-18-9-6-16-17(10(9)15)8-4-2-3-7(5-8)11(12,13)14/h2-6H,15H2,1H3. The van der Waals surface area contributed by atoms with E-state index in [2.05, 4.69) is 5.10 Å². The molecule has 0 atom stereocenters. The highest BCUT2D eigenvalue weighted by Gasteiger charge is 2.30. The Morgan fingerprint density at radius 2 is 2.06 bits per heavy atom. The van der Waals surface area contributed by atoms with Gasteiger partial charge in [-0.15, -0.1) is 11.8 Å². The summed E-state index contributed by atoms with van der Waals surface area (Å²) in [5, 5.41) is 3.98. The number of benzene rings is 1. The number of thioether (sulfide) groups is 1. The summed E-state index contributed by atoms with van der Waals surface area (Å²) in [4.78, 5) is 0.729. The van der Waals surface area contributed by atoms with Crippen molar-refractivity contribution in [2.45, 2.75) is 11.1 Å². The summed E-state index contributed by atoms with van der Waals surface area (Å²) in [6.45, 7) is 0. The van der Waals surface area contributed by atoms with Crippen LogP contribution in [0.25, 0.3) is 5.69 Å². The van der Waals surface area contributed by atoms with Crippen molar-refractivity contribution in [1.29, 1.82) is 0 Å². The molecule has 0 bridgehead atoms. The van der Waals surface area contributed by atoms with Gasteiger partial charge in [0, 0.05) is 0 Å². The van der Waals surface area contributed by atoms with Crippen LogP contribution < -0.4 is 5.73 Å². The highest BCUT2D eigenvalue weighted by Crippen LogP contribution is 2.31. The Morgan fingerprint density at radius 3 is 2.61 bits per heavy atom. The molecule has 0 fully saturated rings. The zero-order valence-corrected chi connectivity index (χ0v) is 10.2. The largest absolute Gasteiger partial charge is 0.416 e. The van der Waals surface area contributed by atoms with Crippen LogP contribution >= 0.6 is 11.8 Å². The van der Waals surface area contributed by atoms with Gasteiger partial charge >= 0.3 is 6.18 Å². The molecule has 2 aromatic rings. The molecule has 0 spiro atoms. The van der Waals surface area contributed by atoms with Gasteiger partial charge in [-0.25, -0.2) is 4.68 Å². The van der Waals surface area contributed by atoms with Crippen LogP contribution in [-0.2, 0) is 6.18 Å². The lowest BCUT2D eigenvalue weighted by atomic mass is 10.2. The van der Waals surface area contributed by atoms with Gasteiger partial charge in [0.25, 0.3) is 0 Å². The molecule has 1 heterocycles. The SMILES string of the molecule is CSc1cnn(-c2cccc(C(F)(F)F)c2)c1N. The maximum atomic E-state index is 12.6. The fourth-order valence-corrected chi connectivity index (χ4v) is 1.97. The molecule has 0 aliphatic heterocycles. The normalized spacial score (nSPS) is 11.8. The van der Waals surface area contributed by atoms with Crippen molar-refractivity contribution in [1.82, 2.24) is 9.78 Å². The predicted molar refractivity (Wildman–Crippen MR) is 64.8 cm³/mol. The number of halogens is 3. The number of hydrogen-bond donors (Lipinski definition) is 1.